The third-order valence-electron chi connectivity index (χ3n) is 2.26. The predicted octanol–water partition coefficient (Wildman–Crippen LogP) is 1.19. The van der Waals surface area contributed by atoms with Crippen LogP contribution >= 0.6 is 0 Å². The van der Waals surface area contributed by atoms with Gasteiger partial charge in [0.15, 0.2) is 0 Å². The maximum absolute atomic E-state index is 8.96. The van der Waals surface area contributed by atoms with Crippen molar-refractivity contribution in [3.8, 4) is 0 Å². The molecular weight excluding hydrogens is 192 g/mol. The Balaban J connectivity index is 2.20. The number of aliphatic hydroxyl groups excluding tert-OH is 2. The summed E-state index contributed by atoms with van der Waals surface area (Å²) in [5, 5.41) is 17.7. The molecule has 84 valence electrons. The summed E-state index contributed by atoms with van der Waals surface area (Å²) in [6, 6.07) is 9.90. The van der Waals surface area contributed by atoms with Gasteiger partial charge in [-0.05, 0) is 12.0 Å². The summed E-state index contributed by atoms with van der Waals surface area (Å²) < 4.78 is 5.45. The van der Waals surface area contributed by atoms with Gasteiger partial charge in [-0.15, -0.1) is 0 Å². The molecule has 0 spiro atoms. The van der Waals surface area contributed by atoms with E-state index in [4.69, 9.17) is 14.9 Å². The summed E-state index contributed by atoms with van der Waals surface area (Å²) in [4.78, 5) is 0. The highest BCUT2D eigenvalue weighted by Crippen LogP contribution is 2.05. The number of hydrogen-bond donors (Lipinski definition) is 2. The Morgan fingerprint density at radius 2 is 1.87 bits per heavy atom. The van der Waals surface area contributed by atoms with Crippen molar-refractivity contribution in [1.29, 1.82) is 0 Å². The Morgan fingerprint density at radius 3 is 2.47 bits per heavy atom. The van der Waals surface area contributed by atoms with Crippen LogP contribution < -0.4 is 0 Å². The molecule has 1 atom stereocenters. The van der Waals surface area contributed by atoms with Crippen LogP contribution in [0.2, 0.25) is 0 Å². The minimum atomic E-state index is 0.0405. The fourth-order valence-corrected chi connectivity index (χ4v) is 1.33. The number of hydrogen-bond acceptors (Lipinski definition) is 3. The van der Waals surface area contributed by atoms with Crippen LogP contribution in [0, 0.1) is 5.92 Å². The second-order valence-corrected chi connectivity index (χ2v) is 3.56. The summed E-state index contributed by atoms with van der Waals surface area (Å²) in [6.07, 6.45) is 0.589. The Kier molecular flexibility index (Phi) is 6.00. The molecule has 0 amide bonds. The van der Waals surface area contributed by atoms with Gasteiger partial charge >= 0.3 is 0 Å². The zero-order chi connectivity index (χ0) is 10.9. The van der Waals surface area contributed by atoms with Crippen molar-refractivity contribution in [1.82, 2.24) is 0 Å². The standard InChI is InChI=1S/C12H18O3/c13-7-6-12(8-14)10-15-9-11-4-2-1-3-5-11/h1-5,12-14H,6-10H2/t12-/m0/s1. The second kappa shape index (κ2) is 7.40. The van der Waals surface area contributed by atoms with Crippen LogP contribution in [0.3, 0.4) is 0 Å². The lowest BCUT2D eigenvalue weighted by molar-refractivity contribution is 0.0521. The van der Waals surface area contributed by atoms with Gasteiger partial charge in [-0.1, -0.05) is 30.3 Å². The van der Waals surface area contributed by atoms with E-state index in [1.807, 2.05) is 30.3 Å². The normalized spacial score (nSPS) is 12.7. The van der Waals surface area contributed by atoms with Crippen molar-refractivity contribution < 1.29 is 14.9 Å². The second-order valence-electron chi connectivity index (χ2n) is 3.56. The number of aliphatic hydroxyl groups is 2. The first kappa shape index (κ1) is 12.2. The van der Waals surface area contributed by atoms with E-state index in [2.05, 4.69) is 0 Å². The molecule has 15 heavy (non-hydrogen) atoms. The average Bonchev–Trinajstić information content (AvgIpc) is 2.29. The van der Waals surface area contributed by atoms with Crippen molar-refractivity contribution in [2.45, 2.75) is 13.0 Å². The molecule has 0 bridgehead atoms. The van der Waals surface area contributed by atoms with Crippen molar-refractivity contribution in [3.05, 3.63) is 35.9 Å². The molecule has 0 radical (unpaired) electrons. The highest BCUT2D eigenvalue weighted by Gasteiger charge is 2.06. The Morgan fingerprint density at radius 1 is 1.13 bits per heavy atom. The first-order valence-electron chi connectivity index (χ1n) is 5.20. The molecule has 1 aromatic carbocycles. The molecule has 0 saturated carbocycles. The van der Waals surface area contributed by atoms with Gasteiger partial charge < -0.3 is 14.9 Å². The molecular formula is C12H18O3. The monoisotopic (exact) mass is 210 g/mol. The lowest BCUT2D eigenvalue weighted by Gasteiger charge is -2.12. The van der Waals surface area contributed by atoms with Crippen LogP contribution in [0.25, 0.3) is 0 Å². The fourth-order valence-electron chi connectivity index (χ4n) is 1.33. The highest BCUT2D eigenvalue weighted by molar-refractivity contribution is 5.13. The van der Waals surface area contributed by atoms with E-state index in [0.717, 1.165) is 5.56 Å². The van der Waals surface area contributed by atoms with Gasteiger partial charge in [-0.3, -0.25) is 0 Å². The third-order valence-corrected chi connectivity index (χ3v) is 2.26. The van der Waals surface area contributed by atoms with Gasteiger partial charge in [0.05, 0.1) is 13.2 Å². The Hall–Kier alpha value is -0.900. The molecule has 1 rings (SSSR count). The third kappa shape index (κ3) is 4.93. The molecule has 1 aromatic rings. The first-order chi connectivity index (χ1) is 7.36. The number of ether oxygens (including phenoxy) is 1. The quantitative estimate of drug-likeness (QED) is 0.711. The maximum Gasteiger partial charge on any atom is 0.0717 e. The molecule has 2 N–H and O–H groups in total. The maximum atomic E-state index is 8.96. The molecule has 0 saturated heterocycles. The van der Waals surface area contributed by atoms with Crippen LogP contribution in [-0.4, -0.2) is 30.0 Å². The predicted molar refractivity (Wildman–Crippen MR) is 58.4 cm³/mol. The van der Waals surface area contributed by atoms with Gasteiger partial charge in [-0.25, -0.2) is 0 Å². The number of rotatable bonds is 7. The smallest absolute Gasteiger partial charge is 0.0717 e. The van der Waals surface area contributed by atoms with E-state index in [1.54, 1.807) is 0 Å². The van der Waals surface area contributed by atoms with E-state index >= 15 is 0 Å². The fraction of sp³-hybridized carbons (Fsp3) is 0.500. The molecule has 3 heteroatoms. The van der Waals surface area contributed by atoms with Crippen LogP contribution in [0.5, 0.6) is 0 Å². The van der Waals surface area contributed by atoms with Gasteiger partial charge in [0.2, 0.25) is 0 Å². The molecule has 0 aromatic heterocycles. The van der Waals surface area contributed by atoms with E-state index < -0.39 is 0 Å². The zero-order valence-electron chi connectivity index (χ0n) is 8.80. The van der Waals surface area contributed by atoms with Crippen molar-refractivity contribution >= 4 is 0 Å². The lowest BCUT2D eigenvalue weighted by Crippen LogP contribution is -2.15. The minimum Gasteiger partial charge on any atom is -0.396 e. The van der Waals surface area contributed by atoms with Crippen molar-refractivity contribution in [3.63, 3.8) is 0 Å². The minimum absolute atomic E-state index is 0.0405. The largest absolute Gasteiger partial charge is 0.396 e. The van der Waals surface area contributed by atoms with E-state index in [9.17, 15) is 0 Å². The van der Waals surface area contributed by atoms with Gasteiger partial charge in [0, 0.05) is 19.1 Å². The van der Waals surface area contributed by atoms with Crippen LogP contribution in [0.4, 0.5) is 0 Å². The van der Waals surface area contributed by atoms with Gasteiger partial charge in [0.1, 0.15) is 0 Å². The molecule has 0 aliphatic carbocycles. The molecule has 0 fully saturated rings. The Bertz CT molecular complexity index is 248. The summed E-state index contributed by atoms with van der Waals surface area (Å²) in [5.74, 6) is 0.0405. The van der Waals surface area contributed by atoms with E-state index in [1.165, 1.54) is 0 Å². The van der Waals surface area contributed by atoms with Gasteiger partial charge in [-0.2, -0.15) is 0 Å². The summed E-state index contributed by atoms with van der Waals surface area (Å²) in [5.41, 5.74) is 1.12. The van der Waals surface area contributed by atoms with Crippen LogP contribution in [0.1, 0.15) is 12.0 Å². The van der Waals surface area contributed by atoms with Crippen LogP contribution in [-0.2, 0) is 11.3 Å². The molecule has 0 aliphatic heterocycles. The molecule has 3 nitrogen and oxygen atoms in total. The first-order valence-corrected chi connectivity index (χ1v) is 5.20. The summed E-state index contributed by atoms with van der Waals surface area (Å²) >= 11 is 0. The topological polar surface area (TPSA) is 49.7 Å². The Labute approximate surface area is 90.3 Å². The highest BCUT2D eigenvalue weighted by atomic mass is 16.5. The van der Waals surface area contributed by atoms with Gasteiger partial charge in [0.25, 0.3) is 0 Å². The van der Waals surface area contributed by atoms with Crippen molar-refractivity contribution in [2.24, 2.45) is 5.92 Å². The lowest BCUT2D eigenvalue weighted by atomic mass is 10.1. The van der Waals surface area contributed by atoms with Crippen molar-refractivity contribution in [2.75, 3.05) is 19.8 Å². The summed E-state index contributed by atoms with van der Waals surface area (Å²) in [7, 11) is 0. The molecule has 0 aliphatic rings. The molecule has 0 heterocycles. The van der Waals surface area contributed by atoms with E-state index in [0.29, 0.717) is 19.6 Å². The zero-order valence-corrected chi connectivity index (χ0v) is 8.80. The van der Waals surface area contributed by atoms with Crippen LogP contribution in [0.15, 0.2) is 30.3 Å². The number of benzene rings is 1. The molecule has 0 unspecified atom stereocenters. The average molecular weight is 210 g/mol. The summed E-state index contributed by atoms with van der Waals surface area (Å²) in [6.45, 7) is 1.21. The SMILES string of the molecule is OCC[C@@H](CO)COCc1ccccc1. The van der Waals surface area contributed by atoms with E-state index in [-0.39, 0.29) is 19.1 Å².